The Morgan fingerprint density at radius 3 is 2.71 bits per heavy atom. The lowest BCUT2D eigenvalue weighted by molar-refractivity contribution is -0.159. The highest BCUT2D eigenvalue weighted by molar-refractivity contribution is 7.08. The average molecular weight is 362 g/mol. The van der Waals surface area contributed by atoms with Crippen LogP contribution in [0.3, 0.4) is 0 Å². The summed E-state index contributed by atoms with van der Waals surface area (Å²) in [6.45, 7) is 1.57. The van der Waals surface area contributed by atoms with Crippen molar-refractivity contribution in [2.75, 3.05) is 0 Å². The summed E-state index contributed by atoms with van der Waals surface area (Å²) >= 11 is 1.43. The van der Waals surface area contributed by atoms with E-state index in [4.69, 9.17) is 9.52 Å². The van der Waals surface area contributed by atoms with Gasteiger partial charge in [-0.3, -0.25) is 4.79 Å². The highest BCUT2D eigenvalue weighted by atomic mass is 32.1. The summed E-state index contributed by atoms with van der Waals surface area (Å²) in [6, 6.07) is -0.273. The minimum Gasteiger partial charge on any atom is -0.480 e. The highest BCUT2D eigenvalue weighted by Gasteiger charge is 2.36. The van der Waals surface area contributed by atoms with Gasteiger partial charge in [-0.05, 0) is 18.4 Å². The van der Waals surface area contributed by atoms with Crippen LogP contribution in [-0.4, -0.2) is 34.2 Å². The molecule has 0 fully saturated rings. The lowest BCUT2D eigenvalue weighted by atomic mass is 10.2. The van der Waals surface area contributed by atoms with Crippen LogP contribution in [0, 0.1) is 6.92 Å². The van der Waals surface area contributed by atoms with Gasteiger partial charge < -0.3 is 14.8 Å². The summed E-state index contributed by atoms with van der Waals surface area (Å²) in [7, 11) is 0. The summed E-state index contributed by atoms with van der Waals surface area (Å²) < 4.78 is 42.4. The average Bonchev–Trinajstić information content (AvgIpc) is 3.07. The first-order valence-corrected chi connectivity index (χ1v) is 7.68. The van der Waals surface area contributed by atoms with E-state index in [-0.39, 0.29) is 12.1 Å². The third-order valence-electron chi connectivity index (χ3n) is 3.06. The monoisotopic (exact) mass is 362 g/mol. The first-order valence-electron chi connectivity index (χ1n) is 6.73. The summed E-state index contributed by atoms with van der Waals surface area (Å²) in [5, 5.41) is 14.2. The molecule has 0 aliphatic heterocycles. The molecule has 0 spiro atoms. The number of thiophene rings is 1. The minimum atomic E-state index is -4.70. The topological polar surface area (TPSA) is 92.4 Å². The molecule has 0 aliphatic carbocycles. The zero-order valence-electron chi connectivity index (χ0n) is 12.4. The van der Waals surface area contributed by atoms with Crippen molar-refractivity contribution in [3.05, 3.63) is 28.3 Å². The van der Waals surface area contributed by atoms with Crippen LogP contribution in [0.25, 0.3) is 11.5 Å². The lowest BCUT2D eigenvalue weighted by Gasteiger charge is -2.15. The van der Waals surface area contributed by atoms with Crippen LogP contribution >= 0.6 is 11.3 Å². The zero-order valence-corrected chi connectivity index (χ0v) is 13.2. The van der Waals surface area contributed by atoms with Crippen LogP contribution in [0.4, 0.5) is 13.2 Å². The van der Waals surface area contributed by atoms with E-state index in [0.717, 1.165) is 5.56 Å². The molecule has 1 unspecified atom stereocenters. The number of hydrogen-bond donors (Lipinski definition) is 2. The van der Waals surface area contributed by atoms with Crippen LogP contribution < -0.4 is 5.32 Å². The molecule has 1 atom stereocenters. The second-order valence-corrected chi connectivity index (χ2v) is 5.77. The molecule has 2 rings (SSSR count). The van der Waals surface area contributed by atoms with Gasteiger partial charge in [-0.25, -0.2) is 9.78 Å². The first kappa shape index (κ1) is 18.0. The molecule has 0 aromatic carbocycles. The molecule has 24 heavy (non-hydrogen) atoms. The smallest absolute Gasteiger partial charge is 0.391 e. The summed E-state index contributed by atoms with van der Waals surface area (Å²) in [4.78, 5) is 26.8. The van der Waals surface area contributed by atoms with E-state index in [0.29, 0.717) is 11.7 Å². The second-order valence-electron chi connectivity index (χ2n) is 4.99. The van der Waals surface area contributed by atoms with Crippen molar-refractivity contribution in [1.82, 2.24) is 10.3 Å². The molecule has 0 saturated carbocycles. The maximum absolute atomic E-state index is 12.3. The molecule has 0 aliphatic rings. The van der Waals surface area contributed by atoms with Crippen molar-refractivity contribution in [2.24, 2.45) is 0 Å². The maximum atomic E-state index is 12.3. The molecule has 0 saturated heterocycles. The van der Waals surface area contributed by atoms with E-state index in [2.05, 4.69) is 4.98 Å². The number of carbonyl (C=O) groups is 2. The van der Waals surface area contributed by atoms with Crippen molar-refractivity contribution >= 4 is 23.2 Å². The van der Waals surface area contributed by atoms with Crippen LogP contribution in [0.2, 0.25) is 0 Å². The van der Waals surface area contributed by atoms with Gasteiger partial charge in [0.15, 0.2) is 0 Å². The fourth-order valence-electron chi connectivity index (χ4n) is 1.93. The van der Waals surface area contributed by atoms with Gasteiger partial charge in [0, 0.05) is 10.9 Å². The second kappa shape index (κ2) is 7.04. The zero-order chi connectivity index (χ0) is 17.9. The Morgan fingerprint density at radius 2 is 2.17 bits per heavy atom. The van der Waals surface area contributed by atoms with E-state index >= 15 is 0 Å². The molecule has 6 nitrogen and oxygen atoms in total. The molecule has 10 heteroatoms. The normalized spacial score (nSPS) is 12.8. The molecule has 2 aromatic rings. The van der Waals surface area contributed by atoms with E-state index in [9.17, 15) is 22.8 Å². The number of aliphatic carboxylic acids is 1. The van der Waals surface area contributed by atoms with Crippen molar-refractivity contribution in [3.8, 4) is 11.5 Å². The number of nitrogens with one attached hydrogen (secondary N) is 1. The predicted octanol–water partition coefficient (Wildman–Crippen LogP) is 2.78. The summed E-state index contributed by atoms with van der Waals surface area (Å²) in [6.07, 6.45) is -6.72. The molecule has 2 aromatic heterocycles. The molecule has 0 radical (unpaired) electrons. The Morgan fingerprint density at radius 1 is 1.46 bits per heavy atom. The van der Waals surface area contributed by atoms with Gasteiger partial charge >= 0.3 is 12.1 Å². The van der Waals surface area contributed by atoms with Gasteiger partial charge in [0.05, 0.1) is 18.5 Å². The number of carbonyl (C=O) groups excluding carboxylic acids is 1. The van der Waals surface area contributed by atoms with Crippen molar-refractivity contribution < 1.29 is 32.3 Å². The molecule has 2 N–H and O–H groups in total. The molecule has 1 amide bonds. The van der Waals surface area contributed by atoms with E-state index in [1.807, 2.05) is 10.7 Å². The van der Waals surface area contributed by atoms with E-state index < -0.39 is 30.5 Å². The van der Waals surface area contributed by atoms with Gasteiger partial charge in [0.1, 0.15) is 11.8 Å². The lowest BCUT2D eigenvalue weighted by Crippen LogP contribution is -2.44. The van der Waals surface area contributed by atoms with Gasteiger partial charge in [-0.1, -0.05) is 0 Å². The number of rotatable bonds is 6. The largest absolute Gasteiger partial charge is 0.480 e. The number of carboxylic acids is 1. The number of nitrogens with zero attached hydrogens (tertiary/aromatic N) is 1. The number of amides is 1. The van der Waals surface area contributed by atoms with Crippen LogP contribution in [-0.2, 0) is 16.0 Å². The quantitative estimate of drug-likeness (QED) is 0.824. The Balaban J connectivity index is 2.05. The fraction of sp³-hybridized carbons (Fsp3) is 0.357. The standard InChI is InChI=1S/C14H13F3N2O4S/c1-7-9(19-12(23-7)8-2-3-24-6-8)4-11(20)18-10(13(21)22)5-14(15,16)17/h2-3,6,10H,4-5H2,1H3,(H,18,20)(H,21,22). The Labute approximate surface area is 138 Å². The Bertz CT molecular complexity index is 725. The molecular weight excluding hydrogens is 349 g/mol. The van der Waals surface area contributed by atoms with Crippen molar-refractivity contribution in [1.29, 1.82) is 0 Å². The fourth-order valence-corrected chi connectivity index (χ4v) is 2.56. The third-order valence-corrected chi connectivity index (χ3v) is 3.74. The predicted molar refractivity (Wildman–Crippen MR) is 78.5 cm³/mol. The van der Waals surface area contributed by atoms with Crippen LogP contribution in [0.5, 0.6) is 0 Å². The Hall–Kier alpha value is -2.36. The number of carboxylic acid groups (broad SMARTS) is 1. The highest BCUT2D eigenvalue weighted by Crippen LogP contribution is 2.24. The molecule has 130 valence electrons. The molecular formula is C14H13F3N2O4S. The van der Waals surface area contributed by atoms with E-state index in [1.54, 1.807) is 18.4 Å². The SMILES string of the molecule is Cc1oc(-c2ccsc2)nc1CC(=O)NC(CC(F)(F)F)C(=O)O. The maximum Gasteiger partial charge on any atom is 0.391 e. The number of aryl methyl sites for hydroxylation is 1. The number of halogens is 3. The summed E-state index contributed by atoms with van der Waals surface area (Å²) in [5.41, 5.74) is 0.958. The number of oxazole rings is 1. The van der Waals surface area contributed by atoms with Crippen LogP contribution in [0.1, 0.15) is 17.9 Å². The van der Waals surface area contributed by atoms with Gasteiger partial charge in [-0.15, -0.1) is 0 Å². The van der Waals surface area contributed by atoms with Gasteiger partial charge in [0.2, 0.25) is 11.8 Å². The summed E-state index contributed by atoms with van der Waals surface area (Å²) in [5.74, 6) is -1.99. The number of hydrogen-bond acceptors (Lipinski definition) is 5. The van der Waals surface area contributed by atoms with Gasteiger partial charge in [-0.2, -0.15) is 24.5 Å². The van der Waals surface area contributed by atoms with Crippen molar-refractivity contribution in [2.45, 2.75) is 32.0 Å². The van der Waals surface area contributed by atoms with Crippen LogP contribution in [0.15, 0.2) is 21.2 Å². The third kappa shape index (κ3) is 4.82. The number of alkyl halides is 3. The number of aromatic nitrogens is 1. The minimum absolute atomic E-state index is 0.241. The van der Waals surface area contributed by atoms with E-state index in [1.165, 1.54) is 11.3 Å². The van der Waals surface area contributed by atoms with Crippen molar-refractivity contribution in [3.63, 3.8) is 0 Å². The molecule has 0 bridgehead atoms. The van der Waals surface area contributed by atoms with Gasteiger partial charge in [0.25, 0.3) is 0 Å². The Kier molecular flexibility index (Phi) is 5.27. The first-order chi connectivity index (χ1) is 11.2. The molecule has 2 heterocycles.